The zero-order valence-corrected chi connectivity index (χ0v) is 13.6. The van der Waals surface area contributed by atoms with Crippen molar-refractivity contribution in [1.29, 1.82) is 0 Å². The van der Waals surface area contributed by atoms with Crippen LogP contribution in [0.25, 0.3) is 0 Å². The molecule has 1 heterocycles. The van der Waals surface area contributed by atoms with Crippen LogP contribution in [-0.4, -0.2) is 43.9 Å². The maximum Gasteiger partial charge on any atom is 0.335 e. The molecule has 2 aromatic carbocycles. The van der Waals surface area contributed by atoms with Crippen LogP contribution in [0.4, 0.5) is 5.69 Å². The van der Waals surface area contributed by atoms with Gasteiger partial charge < -0.3 is 24.2 Å². The summed E-state index contributed by atoms with van der Waals surface area (Å²) in [7, 11) is 1.59. The quantitative estimate of drug-likeness (QED) is 0.865. The van der Waals surface area contributed by atoms with Crippen LogP contribution in [0.3, 0.4) is 0 Å². The minimum atomic E-state index is -1.06. The molecule has 7 nitrogen and oxygen atoms in total. The molecule has 0 aliphatic carbocycles. The summed E-state index contributed by atoms with van der Waals surface area (Å²) in [5.74, 6) is 0.560. The number of carbonyl (C=O) groups excluding carboxylic acids is 1. The second kappa shape index (κ2) is 7.12. The minimum Gasteiger partial charge on any atom is -0.497 e. The number of nitrogens with zero attached hydrogens (tertiary/aromatic N) is 1. The predicted octanol–water partition coefficient (Wildman–Crippen LogP) is 2.20. The lowest BCUT2D eigenvalue weighted by molar-refractivity contribution is -0.121. The van der Waals surface area contributed by atoms with Gasteiger partial charge in [-0.2, -0.15) is 0 Å². The number of anilines is 1. The molecule has 0 radical (unpaired) electrons. The minimum absolute atomic E-state index is 0.0814. The molecule has 130 valence electrons. The molecule has 7 heteroatoms. The Bertz CT molecular complexity index is 787. The first-order chi connectivity index (χ1) is 12.1. The van der Waals surface area contributed by atoms with Gasteiger partial charge in [0.1, 0.15) is 23.9 Å². The number of fused-ring (bicyclic) bond motifs is 1. The number of carboxylic acids is 1. The van der Waals surface area contributed by atoms with E-state index in [-0.39, 0.29) is 31.2 Å². The summed E-state index contributed by atoms with van der Waals surface area (Å²) in [6.45, 7) is 0.459. The summed E-state index contributed by atoms with van der Waals surface area (Å²) >= 11 is 0. The van der Waals surface area contributed by atoms with Crippen LogP contribution in [0, 0.1) is 0 Å². The van der Waals surface area contributed by atoms with Crippen molar-refractivity contribution in [1.82, 2.24) is 0 Å². The second-order valence-corrected chi connectivity index (χ2v) is 5.35. The Labute approximate surface area is 144 Å². The van der Waals surface area contributed by atoms with E-state index >= 15 is 0 Å². The Hall–Kier alpha value is -3.22. The molecule has 0 bridgehead atoms. The highest BCUT2D eigenvalue weighted by Gasteiger charge is 2.26. The third kappa shape index (κ3) is 3.65. The molecule has 0 unspecified atom stereocenters. The molecule has 1 N–H and O–H groups in total. The summed E-state index contributed by atoms with van der Waals surface area (Å²) in [6.07, 6.45) is 0. The van der Waals surface area contributed by atoms with Crippen molar-refractivity contribution in [3.63, 3.8) is 0 Å². The fourth-order valence-corrected chi connectivity index (χ4v) is 2.51. The summed E-state index contributed by atoms with van der Waals surface area (Å²) in [5.41, 5.74) is 0.535. The van der Waals surface area contributed by atoms with Crippen LogP contribution < -0.4 is 19.1 Å². The number of aromatic carboxylic acids is 1. The summed E-state index contributed by atoms with van der Waals surface area (Å²) in [4.78, 5) is 24.8. The highest BCUT2D eigenvalue weighted by molar-refractivity contribution is 5.99. The molecule has 0 aromatic heterocycles. The Morgan fingerprint density at radius 2 is 1.92 bits per heavy atom. The van der Waals surface area contributed by atoms with Gasteiger partial charge in [0.25, 0.3) is 5.91 Å². The molecule has 0 atom stereocenters. The Balaban J connectivity index is 1.70. The van der Waals surface area contributed by atoms with Crippen LogP contribution in [0.5, 0.6) is 17.2 Å². The van der Waals surface area contributed by atoms with Gasteiger partial charge >= 0.3 is 5.97 Å². The van der Waals surface area contributed by atoms with Crippen LogP contribution in [0.1, 0.15) is 10.4 Å². The van der Waals surface area contributed by atoms with Crippen molar-refractivity contribution in [2.75, 3.05) is 31.8 Å². The first kappa shape index (κ1) is 16.6. The number of carboxylic acid groups (broad SMARTS) is 1. The van der Waals surface area contributed by atoms with Crippen molar-refractivity contribution < 1.29 is 28.9 Å². The summed E-state index contributed by atoms with van der Waals surface area (Å²) in [6, 6.07) is 11.5. The van der Waals surface area contributed by atoms with E-state index in [0.29, 0.717) is 17.2 Å². The molecule has 1 aliphatic rings. The van der Waals surface area contributed by atoms with E-state index in [0.717, 1.165) is 5.75 Å². The fourth-order valence-electron chi connectivity index (χ4n) is 2.51. The number of carbonyl (C=O) groups is 2. The predicted molar refractivity (Wildman–Crippen MR) is 89.7 cm³/mol. The van der Waals surface area contributed by atoms with E-state index in [9.17, 15) is 9.59 Å². The number of hydrogen-bond acceptors (Lipinski definition) is 5. The maximum absolute atomic E-state index is 12.1. The monoisotopic (exact) mass is 343 g/mol. The molecule has 1 aliphatic heterocycles. The van der Waals surface area contributed by atoms with E-state index in [1.165, 1.54) is 17.0 Å². The first-order valence-corrected chi connectivity index (χ1v) is 7.66. The van der Waals surface area contributed by atoms with Crippen LogP contribution in [-0.2, 0) is 4.79 Å². The van der Waals surface area contributed by atoms with E-state index < -0.39 is 5.97 Å². The highest BCUT2D eigenvalue weighted by atomic mass is 16.5. The number of hydrogen-bond donors (Lipinski definition) is 1. The summed E-state index contributed by atoms with van der Waals surface area (Å²) < 4.78 is 16.1. The van der Waals surface area contributed by atoms with Crippen LogP contribution in [0.2, 0.25) is 0 Å². The van der Waals surface area contributed by atoms with Gasteiger partial charge in [0.2, 0.25) is 0 Å². The number of benzene rings is 2. The average molecular weight is 343 g/mol. The lowest BCUT2D eigenvalue weighted by Gasteiger charge is -2.29. The summed E-state index contributed by atoms with van der Waals surface area (Å²) in [5, 5.41) is 9.13. The SMILES string of the molecule is COc1ccc(OCCN2C(=O)COc3ccc(C(=O)O)cc32)cc1. The number of methoxy groups -OCH3 is 1. The van der Waals surface area contributed by atoms with Crippen LogP contribution in [0.15, 0.2) is 42.5 Å². The second-order valence-electron chi connectivity index (χ2n) is 5.35. The first-order valence-electron chi connectivity index (χ1n) is 7.66. The number of amides is 1. The lowest BCUT2D eigenvalue weighted by Crippen LogP contribution is -2.41. The zero-order valence-electron chi connectivity index (χ0n) is 13.6. The maximum atomic E-state index is 12.1. The Morgan fingerprint density at radius 1 is 1.20 bits per heavy atom. The van der Waals surface area contributed by atoms with Gasteiger partial charge in [0.15, 0.2) is 6.61 Å². The van der Waals surface area contributed by atoms with Gasteiger partial charge in [0, 0.05) is 0 Å². The van der Waals surface area contributed by atoms with Crippen molar-refractivity contribution in [3.8, 4) is 17.2 Å². The van der Waals surface area contributed by atoms with Gasteiger partial charge in [-0.3, -0.25) is 4.79 Å². The van der Waals surface area contributed by atoms with Gasteiger partial charge in [-0.25, -0.2) is 4.79 Å². The molecule has 1 amide bonds. The van der Waals surface area contributed by atoms with Gasteiger partial charge in [0.05, 0.1) is 24.9 Å². The van der Waals surface area contributed by atoms with Gasteiger partial charge in [-0.1, -0.05) is 0 Å². The van der Waals surface area contributed by atoms with E-state index in [4.69, 9.17) is 19.3 Å². The van der Waals surface area contributed by atoms with Crippen molar-refractivity contribution >= 4 is 17.6 Å². The van der Waals surface area contributed by atoms with E-state index in [1.54, 1.807) is 37.4 Å². The van der Waals surface area contributed by atoms with Gasteiger partial charge in [-0.15, -0.1) is 0 Å². The lowest BCUT2D eigenvalue weighted by atomic mass is 10.1. The van der Waals surface area contributed by atoms with Crippen molar-refractivity contribution in [2.45, 2.75) is 0 Å². The molecule has 0 fully saturated rings. The molecule has 0 spiro atoms. The molecule has 0 saturated carbocycles. The topological polar surface area (TPSA) is 85.3 Å². The Kier molecular flexibility index (Phi) is 4.74. The van der Waals surface area contributed by atoms with Gasteiger partial charge in [-0.05, 0) is 42.5 Å². The zero-order chi connectivity index (χ0) is 17.8. The van der Waals surface area contributed by atoms with Crippen LogP contribution >= 0.6 is 0 Å². The number of ether oxygens (including phenoxy) is 3. The highest BCUT2D eigenvalue weighted by Crippen LogP contribution is 2.33. The normalized spacial score (nSPS) is 13.0. The Morgan fingerprint density at radius 3 is 2.60 bits per heavy atom. The van der Waals surface area contributed by atoms with Crippen molar-refractivity contribution in [3.05, 3.63) is 48.0 Å². The average Bonchev–Trinajstić information content (AvgIpc) is 2.63. The van der Waals surface area contributed by atoms with Crippen molar-refractivity contribution in [2.24, 2.45) is 0 Å². The molecule has 25 heavy (non-hydrogen) atoms. The van der Waals surface area contributed by atoms with E-state index in [1.807, 2.05) is 0 Å². The largest absolute Gasteiger partial charge is 0.497 e. The fraction of sp³-hybridized carbons (Fsp3) is 0.222. The standard InChI is InChI=1S/C18H17NO6/c1-23-13-3-5-14(6-4-13)24-9-8-19-15-10-12(18(21)22)2-7-16(15)25-11-17(19)20/h2-7,10H,8-9,11H2,1H3,(H,21,22). The number of rotatable bonds is 6. The molecule has 3 rings (SSSR count). The molecular formula is C18H17NO6. The van der Waals surface area contributed by atoms with E-state index in [2.05, 4.69) is 0 Å². The molecule has 0 saturated heterocycles. The third-order valence-electron chi connectivity index (χ3n) is 3.79. The third-order valence-corrected chi connectivity index (χ3v) is 3.79. The molecule has 2 aromatic rings. The smallest absolute Gasteiger partial charge is 0.335 e. The molecular weight excluding hydrogens is 326 g/mol.